The molecule has 4 aliphatic carbocycles. The van der Waals surface area contributed by atoms with E-state index in [1.165, 1.54) is 67.6 Å². The van der Waals surface area contributed by atoms with Crippen molar-refractivity contribution >= 4 is 40.6 Å². The largest absolute Gasteiger partial charge is 0.335 e. The lowest BCUT2D eigenvalue weighted by Crippen LogP contribution is -2.66. The minimum Gasteiger partial charge on any atom is -0.335 e. The maximum absolute atomic E-state index is 2.77. The Morgan fingerprint density at radius 2 is 1.27 bits per heavy atom. The van der Waals surface area contributed by atoms with E-state index in [2.05, 4.69) is 239 Å². The Hall–Kier alpha value is -4.96. The van der Waals surface area contributed by atoms with Crippen LogP contribution in [0.2, 0.25) is 5.31 Å². The molecule has 2 heterocycles. The lowest BCUT2D eigenvalue weighted by molar-refractivity contribution is 0.485. The van der Waals surface area contributed by atoms with Crippen molar-refractivity contribution in [2.45, 2.75) is 151 Å². The molecule has 0 radical (unpaired) electrons. The van der Waals surface area contributed by atoms with Crippen LogP contribution in [0.4, 0.5) is 28.4 Å². The number of hydrogen-bond donors (Lipinski definition) is 0. The molecule has 0 fully saturated rings. The van der Waals surface area contributed by atoms with Gasteiger partial charge in [0.05, 0.1) is 12.1 Å². The zero-order chi connectivity index (χ0) is 45.7. The van der Waals surface area contributed by atoms with Crippen LogP contribution >= 0.6 is 0 Å². The predicted molar refractivity (Wildman–Crippen MR) is 279 cm³/mol. The van der Waals surface area contributed by atoms with Gasteiger partial charge in [0.25, 0.3) is 0 Å². The zero-order valence-corrected chi connectivity index (χ0v) is 41.6. The fraction of sp³-hybridized carbons (Fsp3) is 0.433. The van der Waals surface area contributed by atoms with Crippen molar-refractivity contribution in [3.8, 4) is 0 Å². The Kier molecular flexibility index (Phi) is 10.8. The fourth-order valence-electron chi connectivity index (χ4n) is 11.5. The molecule has 4 heteroatoms. The van der Waals surface area contributed by atoms with Crippen molar-refractivity contribution in [2.24, 2.45) is 16.7 Å². The van der Waals surface area contributed by atoms with Crippen LogP contribution in [0.15, 0.2) is 156 Å². The Bertz CT molecular complexity index is 2580. The summed E-state index contributed by atoms with van der Waals surface area (Å²) in [6.07, 6.45) is 31.3. The topological polar surface area (TPSA) is 9.72 Å². The first kappa shape index (κ1) is 44.3. The van der Waals surface area contributed by atoms with Gasteiger partial charge in [-0.1, -0.05) is 181 Å². The van der Waals surface area contributed by atoms with Crippen LogP contribution in [0.5, 0.6) is 0 Å². The number of hydrogen-bond acceptors (Lipinski definition) is 3. The molecule has 332 valence electrons. The lowest BCUT2D eigenvalue weighted by atomic mass is 9.21. The molecule has 2 aliphatic heterocycles. The number of anilines is 5. The molecule has 0 saturated carbocycles. The van der Waals surface area contributed by atoms with E-state index in [4.69, 9.17) is 0 Å². The fourth-order valence-corrected chi connectivity index (χ4v) is 11.5. The Labute approximate surface area is 387 Å². The molecule has 9 rings (SSSR count). The van der Waals surface area contributed by atoms with Crippen molar-refractivity contribution in [2.75, 3.05) is 14.7 Å². The highest BCUT2D eigenvalue weighted by Crippen LogP contribution is 2.59. The van der Waals surface area contributed by atoms with Crippen molar-refractivity contribution in [1.29, 1.82) is 0 Å². The van der Waals surface area contributed by atoms with Gasteiger partial charge in [-0.3, -0.25) is 0 Å². The lowest BCUT2D eigenvalue weighted by Gasteiger charge is -2.59. The van der Waals surface area contributed by atoms with Gasteiger partial charge in [-0.25, -0.2) is 0 Å². The summed E-state index contributed by atoms with van der Waals surface area (Å²) in [7, 11) is 0. The van der Waals surface area contributed by atoms with E-state index in [0.29, 0.717) is 0 Å². The number of fused-ring (bicyclic) bond motifs is 4. The van der Waals surface area contributed by atoms with Crippen molar-refractivity contribution in [3.63, 3.8) is 0 Å². The zero-order valence-electron chi connectivity index (χ0n) is 41.6. The summed E-state index contributed by atoms with van der Waals surface area (Å²) in [5.74, 6) is 0.276. The van der Waals surface area contributed by atoms with Crippen LogP contribution in [0.1, 0.15) is 134 Å². The van der Waals surface area contributed by atoms with Crippen LogP contribution in [0.3, 0.4) is 0 Å². The molecule has 0 aromatic heterocycles. The highest BCUT2D eigenvalue weighted by molar-refractivity contribution is 6.87. The average Bonchev–Trinajstić information content (AvgIpc) is 3.23. The summed E-state index contributed by atoms with van der Waals surface area (Å²) in [6.45, 7) is 33.5. The van der Waals surface area contributed by atoms with E-state index in [9.17, 15) is 0 Å². The van der Waals surface area contributed by atoms with Crippen molar-refractivity contribution in [1.82, 2.24) is 0 Å². The molecule has 3 aromatic carbocycles. The standard InChI is InChI=1S/C60H74BN3/c1-40-35-44(59(11,12)13)36-50-55(40)64(48-32-27-42(28-33-48)57(5,6)7)52-38-49(62(45-21-17-15-18-22-45)46-23-19-16-20-24-46)37-51-54(52)61(50)60(14)39-43(58(8,9)10)29-34-53(60)63(51)47-30-25-41(26-31-47)56(2,3)4/h15,17,19,21,23-40,53,55H,16,18,20,22H2,1-14H3. The molecule has 4 unspecified atom stereocenters. The SMILES string of the molecule is CC1C=C(C(C)(C)C)C=C2B3c4c(cc(N(C5=CCCC=C5)C5=CC=CCC5)cc4N(c4ccc(C(C)(C)C)cc4)C4C=CC(C(C)(C)C)=CC34C)N(c3ccc(C(C)(C)C)cc3)C21. The number of nitrogens with zero attached hydrogens (tertiary/aromatic N) is 3. The molecular weight excluding hydrogens is 773 g/mol. The first-order valence-corrected chi connectivity index (χ1v) is 24.4. The molecule has 0 N–H and O–H groups in total. The molecule has 3 aromatic rings. The van der Waals surface area contributed by atoms with Gasteiger partial charge in [-0.05, 0) is 135 Å². The third-order valence-electron chi connectivity index (χ3n) is 15.1. The maximum Gasteiger partial charge on any atom is 0.224 e. The number of rotatable bonds is 5. The third kappa shape index (κ3) is 7.65. The summed E-state index contributed by atoms with van der Waals surface area (Å²) in [6, 6.07) is 24.6. The number of benzene rings is 3. The van der Waals surface area contributed by atoms with Gasteiger partial charge in [-0.15, -0.1) is 0 Å². The first-order chi connectivity index (χ1) is 30.1. The quantitative estimate of drug-likeness (QED) is 0.237. The van der Waals surface area contributed by atoms with Crippen LogP contribution < -0.4 is 20.2 Å². The van der Waals surface area contributed by atoms with Gasteiger partial charge in [-0.2, -0.15) is 0 Å². The monoisotopic (exact) mass is 848 g/mol. The van der Waals surface area contributed by atoms with Gasteiger partial charge in [0.15, 0.2) is 0 Å². The van der Waals surface area contributed by atoms with E-state index in [1.54, 1.807) is 5.47 Å². The van der Waals surface area contributed by atoms with E-state index in [1.807, 2.05) is 0 Å². The summed E-state index contributed by atoms with van der Waals surface area (Å²) in [5, 5.41) is -0.263. The smallest absolute Gasteiger partial charge is 0.224 e. The average molecular weight is 848 g/mol. The predicted octanol–water partition coefficient (Wildman–Crippen LogP) is 15.7. The summed E-state index contributed by atoms with van der Waals surface area (Å²) in [5.41, 5.74) is 17.7. The number of allylic oxidation sites excluding steroid dienone is 11. The maximum atomic E-state index is 2.77. The van der Waals surface area contributed by atoms with Gasteiger partial charge in [0.1, 0.15) is 0 Å². The molecule has 0 amide bonds. The van der Waals surface area contributed by atoms with E-state index < -0.39 is 0 Å². The normalized spacial score (nSPS) is 24.2. The molecule has 4 atom stereocenters. The van der Waals surface area contributed by atoms with Crippen LogP contribution in [-0.2, 0) is 10.8 Å². The van der Waals surface area contributed by atoms with Gasteiger partial charge >= 0.3 is 0 Å². The third-order valence-corrected chi connectivity index (χ3v) is 15.1. The van der Waals surface area contributed by atoms with Gasteiger partial charge in [0, 0.05) is 39.8 Å². The van der Waals surface area contributed by atoms with E-state index in [0.717, 1.165) is 25.7 Å². The minimum atomic E-state index is -0.263. The minimum absolute atomic E-state index is 0.000149. The van der Waals surface area contributed by atoms with Crippen LogP contribution in [0, 0.1) is 16.7 Å². The summed E-state index contributed by atoms with van der Waals surface area (Å²) < 4.78 is 0. The molecule has 6 aliphatic rings. The van der Waals surface area contributed by atoms with Gasteiger partial charge in [0.2, 0.25) is 6.71 Å². The molecule has 0 spiro atoms. The highest BCUT2D eigenvalue weighted by atomic mass is 15.2. The highest BCUT2D eigenvalue weighted by Gasteiger charge is 2.59. The second kappa shape index (κ2) is 15.6. The second-order valence-electron chi connectivity index (χ2n) is 24.1. The van der Waals surface area contributed by atoms with Gasteiger partial charge < -0.3 is 14.7 Å². The molecule has 0 saturated heterocycles. The molecule has 64 heavy (non-hydrogen) atoms. The first-order valence-electron chi connectivity index (χ1n) is 24.4. The Morgan fingerprint density at radius 3 is 1.80 bits per heavy atom. The molecule has 3 nitrogen and oxygen atoms in total. The van der Waals surface area contributed by atoms with Crippen molar-refractivity contribution in [3.05, 3.63) is 167 Å². The van der Waals surface area contributed by atoms with E-state index in [-0.39, 0.29) is 51.7 Å². The summed E-state index contributed by atoms with van der Waals surface area (Å²) >= 11 is 0. The molecule has 0 bridgehead atoms. The summed E-state index contributed by atoms with van der Waals surface area (Å²) in [4.78, 5) is 8.11. The second-order valence-corrected chi connectivity index (χ2v) is 24.1. The van der Waals surface area contributed by atoms with Crippen molar-refractivity contribution < 1.29 is 0 Å². The van der Waals surface area contributed by atoms with Crippen LogP contribution in [0.25, 0.3) is 0 Å². The van der Waals surface area contributed by atoms with Crippen LogP contribution in [-0.4, -0.2) is 18.8 Å². The Balaban J connectivity index is 1.42. The molecular formula is C60H74BN3. The van der Waals surface area contributed by atoms with E-state index >= 15 is 0 Å². The Morgan fingerprint density at radius 1 is 0.672 bits per heavy atom.